The second-order valence-electron chi connectivity index (χ2n) is 13.2. The van der Waals surface area contributed by atoms with Crippen LogP contribution in [0.5, 0.6) is 0 Å². The number of aliphatic hydroxyl groups excluding tert-OH is 2. The maximum absolute atomic E-state index is 13.3. The van der Waals surface area contributed by atoms with Crippen LogP contribution in [0.15, 0.2) is 0 Å². The van der Waals surface area contributed by atoms with Crippen LogP contribution in [0.25, 0.3) is 0 Å². The van der Waals surface area contributed by atoms with E-state index in [0.717, 1.165) is 45.1 Å². The van der Waals surface area contributed by atoms with Crippen molar-refractivity contribution in [3.05, 3.63) is 0 Å². The highest BCUT2D eigenvalue weighted by Gasteiger charge is 2.50. The summed E-state index contributed by atoms with van der Waals surface area (Å²) in [6.45, 7) is 7.01. The van der Waals surface area contributed by atoms with E-state index in [2.05, 4.69) is 24.1 Å². The van der Waals surface area contributed by atoms with Crippen LogP contribution in [0, 0.1) is 5.92 Å². The average Bonchev–Trinajstić information content (AvgIpc) is 3.36. The first kappa shape index (κ1) is 39.6. The molecule has 10 heteroatoms. The number of hydrogen-bond donors (Lipinski definition) is 3. The third-order valence-electron chi connectivity index (χ3n) is 9.36. The lowest BCUT2D eigenvalue weighted by Crippen LogP contribution is -2.65. The molecule has 0 aromatic rings. The Morgan fingerprint density at radius 2 is 1.52 bits per heavy atom. The van der Waals surface area contributed by atoms with Gasteiger partial charge in [0.25, 0.3) is 0 Å². The summed E-state index contributed by atoms with van der Waals surface area (Å²) in [5, 5.41) is 24.6. The molecular formula is C34H63ClN2O6S. The Kier molecular flexibility index (Phi) is 19.9. The Bertz CT molecular complexity index is 806. The number of thioether (sulfide) groups is 1. The van der Waals surface area contributed by atoms with Crippen molar-refractivity contribution in [1.82, 2.24) is 10.2 Å². The predicted octanol–water partition coefficient (Wildman–Crippen LogP) is 6.42. The lowest BCUT2D eigenvalue weighted by molar-refractivity contribution is -0.218. The van der Waals surface area contributed by atoms with Crippen LogP contribution >= 0.6 is 23.4 Å². The van der Waals surface area contributed by atoms with Crippen molar-refractivity contribution in [3.8, 4) is 0 Å². The zero-order chi connectivity index (χ0) is 32.5. The largest absolute Gasteiger partial charge is 0.456 e. The van der Waals surface area contributed by atoms with Crippen molar-refractivity contribution >= 4 is 35.2 Å². The molecule has 0 aromatic heterocycles. The maximum Gasteiger partial charge on any atom is 0.306 e. The van der Waals surface area contributed by atoms with Crippen LogP contribution in [0.1, 0.15) is 130 Å². The van der Waals surface area contributed by atoms with E-state index in [0.29, 0.717) is 5.92 Å². The van der Waals surface area contributed by atoms with Gasteiger partial charge in [-0.3, -0.25) is 14.5 Å². The summed E-state index contributed by atoms with van der Waals surface area (Å²) in [5.74, 6) is -0.0742. The Labute approximate surface area is 277 Å². The first-order chi connectivity index (χ1) is 21.1. The van der Waals surface area contributed by atoms with Gasteiger partial charge < -0.3 is 25.0 Å². The number of esters is 1. The minimum absolute atomic E-state index is 0.152. The second kappa shape index (κ2) is 22.1. The molecule has 1 unspecified atom stereocenters. The van der Waals surface area contributed by atoms with Gasteiger partial charge in [-0.25, -0.2) is 0 Å². The van der Waals surface area contributed by atoms with Gasteiger partial charge in [0.1, 0.15) is 23.7 Å². The van der Waals surface area contributed by atoms with E-state index in [1.165, 1.54) is 76.0 Å². The summed E-state index contributed by atoms with van der Waals surface area (Å²) in [7, 11) is 1.95. The fourth-order valence-electron chi connectivity index (χ4n) is 6.72. The molecular weight excluding hydrogens is 600 g/mol. The van der Waals surface area contributed by atoms with Crippen LogP contribution < -0.4 is 5.32 Å². The molecule has 1 amide bonds. The van der Waals surface area contributed by atoms with Gasteiger partial charge in [-0.15, -0.1) is 23.4 Å². The van der Waals surface area contributed by atoms with Crippen molar-refractivity contribution in [3.63, 3.8) is 0 Å². The second-order valence-corrected chi connectivity index (χ2v) is 14.8. The van der Waals surface area contributed by atoms with Gasteiger partial charge in [-0.1, -0.05) is 97.3 Å². The molecule has 0 aliphatic carbocycles. The summed E-state index contributed by atoms with van der Waals surface area (Å²) in [4.78, 5) is 28.0. The van der Waals surface area contributed by atoms with Gasteiger partial charge in [0.05, 0.1) is 17.5 Å². The van der Waals surface area contributed by atoms with Crippen LogP contribution in [0.4, 0.5) is 0 Å². The molecule has 3 N–H and O–H groups in total. The number of alkyl halides is 1. The molecule has 2 aliphatic rings. The SMILES string of the molecule is CCCCCCCCCCCCCCCC(=O)O[C@@H]1[C@@H](O)[C@@H](O)[C@@H]([C@H](NC(=O)[C@@H]2C[C@@H](CCC)CN2C)C(C)Cl)O[C@@H]1SC. The molecule has 0 saturated carbocycles. The van der Waals surface area contributed by atoms with Crippen molar-refractivity contribution in [2.75, 3.05) is 19.8 Å². The fourth-order valence-corrected chi connectivity index (χ4v) is 7.65. The lowest BCUT2D eigenvalue weighted by atomic mass is 9.92. The van der Waals surface area contributed by atoms with Gasteiger partial charge in [-0.2, -0.15) is 0 Å². The number of aliphatic hydroxyl groups is 2. The lowest BCUT2D eigenvalue weighted by Gasteiger charge is -2.45. The number of nitrogens with zero attached hydrogens (tertiary/aromatic N) is 1. The highest BCUT2D eigenvalue weighted by atomic mass is 35.5. The molecule has 258 valence electrons. The molecule has 0 radical (unpaired) electrons. The molecule has 2 heterocycles. The molecule has 44 heavy (non-hydrogen) atoms. The van der Waals surface area contributed by atoms with Gasteiger partial charge in [0.15, 0.2) is 6.10 Å². The first-order valence-electron chi connectivity index (χ1n) is 17.5. The highest BCUT2D eigenvalue weighted by Crippen LogP contribution is 2.33. The topological polar surface area (TPSA) is 108 Å². The summed E-state index contributed by atoms with van der Waals surface area (Å²) in [6.07, 6.45) is 16.3. The predicted molar refractivity (Wildman–Crippen MR) is 181 cm³/mol. The zero-order valence-corrected chi connectivity index (χ0v) is 29.8. The number of unbranched alkanes of at least 4 members (excludes halogenated alkanes) is 12. The zero-order valence-electron chi connectivity index (χ0n) is 28.2. The van der Waals surface area contributed by atoms with E-state index in [9.17, 15) is 19.8 Å². The molecule has 2 saturated heterocycles. The summed E-state index contributed by atoms with van der Waals surface area (Å²) in [5.41, 5.74) is -0.702. The highest BCUT2D eigenvalue weighted by molar-refractivity contribution is 7.99. The van der Waals surface area contributed by atoms with E-state index in [-0.39, 0.29) is 18.4 Å². The minimum Gasteiger partial charge on any atom is -0.456 e. The third-order valence-corrected chi connectivity index (χ3v) is 10.5. The van der Waals surface area contributed by atoms with Crippen LogP contribution in [0.2, 0.25) is 0 Å². The molecule has 8 nitrogen and oxygen atoms in total. The van der Waals surface area contributed by atoms with Gasteiger partial charge in [0.2, 0.25) is 5.91 Å². The Morgan fingerprint density at radius 3 is 2.05 bits per heavy atom. The summed E-state index contributed by atoms with van der Waals surface area (Å²) < 4.78 is 11.9. The molecule has 0 aromatic carbocycles. The number of nitrogens with one attached hydrogen (secondary N) is 1. The number of rotatable bonds is 22. The standard InChI is InChI=1S/C34H63ClN2O6S/c1-6-8-9-10-11-12-13-14-15-16-17-18-19-21-27(38)42-32-30(40)29(39)31(43-34(32)44-5)28(24(3)35)36-33(41)26-22-25(20-7-2)23-37(26)4/h24-26,28-32,34,39-40H,6-23H2,1-5H3,(H,36,41)/t24?,25-,26+,28-,29-,30+,31-,32-,34-/m1/s1. The maximum atomic E-state index is 13.3. The first-order valence-corrected chi connectivity index (χ1v) is 19.2. The minimum atomic E-state index is -1.38. The average molecular weight is 663 g/mol. The van der Waals surface area contributed by atoms with Crippen molar-refractivity contribution < 1.29 is 29.3 Å². The van der Waals surface area contributed by atoms with Crippen molar-refractivity contribution in [2.45, 2.75) is 177 Å². The molecule has 0 bridgehead atoms. The number of likely N-dealkylation sites (tertiary alicyclic amines) is 1. The van der Waals surface area contributed by atoms with Crippen molar-refractivity contribution in [2.24, 2.45) is 5.92 Å². The Hall–Kier alpha value is -0.580. The Morgan fingerprint density at radius 1 is 0.955 bits per heavy atom. The van der Waals surface area contributed by atoms with Crippen LogP contribution in [-0.4, -0.2) is 94.2 Å². The van der Waals surface area contributed by atoms with Gasteiger partial charge in [0, 0.05) is 13.0 Å². The van der Waals surface area contributed by atoms with Crippen LogP contribution in [0.3, 0.4) is 0 Å². The molecule has 2 aliphatic heterocycles. The normalized spacial score (nSPS) is 29.0. The third kappa shape index (κ3) is 13.3. The number of ether oxygens (including phenoxy) is 2. The number of halogens is 1. The summed E-state index contributed by atoms with van der Waals surface area (Å²) >= 11 is 7.82. The van der Waals surface area contributed by atoms with E-state index in [4.69, 9.17) is 21.1 Å². The molecule has 9 atom stereocenters. The van der Waals surface area contributed by atoms with Crippen LogP contribution in [-0.2, 0) is 19.1 Å². The summed E-state index contributed by atoms with van der Waals surface area (Å²) in [6, 6.07) is -1.00. The van der Waals surface area contributed by atoms with E-state index < -0.39 is 47.2 Å². The number of carbonyl (C=O) groups excluding carboxylic acids is 2. The number of amides is 1. The van der Waals surface area contributed by atoms with E-state index in [1.807, 2.05) is 7.05 Å². The Balaban J connectivity index is 1.76. The van der Waals surface area contributed by atoms with Crippen molar-refractivity contribution in [1.29, 1.82) is 0 Å². The van der Waals surface area contributed by atoms with E-state index in [1.54, 1.807) is 13.2 Å². The van der Waals surface area contributed by atoms with E-state index >= 15 is 0 Å². The fraction of sp³-hybridized carbons (Fsp3) is 0.941. The monoisotopic (exact) mass is 662 g/mol. The van der Waals surface area contributed by atoms with Gasteiger partial charge >= 0.3 is 5.97 Å². The number of carbonyl (C=O) groups is 2. The smallest absolute Gasteiger partial charge is 0.306 e. The quantitative estimate of drug-likeness (QED) is 0.0693. The molecule has 0 spiro atoms. The number of hydrogen-bond acceptors (Lipinski definition) is 8. The van der Waals surface area contributed by atoms with Gasteiger partial charge in [-0.05, 0) is 45.4 Å². The molecule has 2 fully saturated rings. The molecule has 2 rings (SSSR count). The number of likely N-dealkylation sites (N-methyl/N-ethyl adjacent to an activating group) is 1.